The van der Waals surface area contributed by atoms with Crippen molar-refractivity contribution in [2.45, 2.75) is 19.4 Å². The van der Waals surface area contributed by atoms with E-state index in [0.29, 0.717) is 0 Å². The Labute approximate surface area is 148 Å². The van der Waals surface area contributed by atoms with Gasteiger partial charge < -0.3 is 15.2 Å². The predicted molar refractivity (Wildman–Crippen MR) is 99.8 cm³/mol. The van der Waals surface area contributed by atoms with Crippen LogP contribution in [0.15, 0.2) is 47.7 Å². The average Bonchev–Trinajstić information content (AvgIpc) is 2.97. The van der Waals surface area contributed by atoms with Gasteiger partial charge in [0.25, 0.3) is 0 Å². The smallest absolute Gasteiger partial charge is 0.191 e. The topological polar surface area (TPSA) is 54.2 Å². The Hall–Kier alpha value is -1.57. The van der Waals surface area contributed by atoms with Crippen molar-refractivity contribution in [1.29, 1.82) is 0 Å². The highest BCUT2D eigenvalue weighted by Gasteiger charge is 2.06. The highest BCUT2D eigenvalue weighted by atomic mass is 127. The van der Waals surface area contributed by atoms with Crippen LogP contribution in [0.2, 0.25) is 0 Å². The van der Waals surface area contributed by atoms with Crippen LogP contribution < -0.4 is 10.6 Å². The molecule has 0 radical (unpaired) electrons. The summed E-state index contributed by atoms with van der Waals surface area (Å²) in [7, 11) is 0. The quantitative estimate of drug-likeness (QED) is 0.741. The summed E-state index contributed by atoms with van der Waals surface area (Å²) in [6.45, 7) is 3.64. The number of hydrogen-bond donors (Lipinski definition) is 2. The largest absolute Gasteiger partial charge is 0.356 e. The summed E-state index contributed by atoms with van der Waals surface area (Å²) >= 11 is 0. The monoisotopic (exact) mass is 411 g/mol. The standard InChI is InChI=1S/C16H21N5.HI/c1-2-5-14(6-3-1)13-21-12-11-17-15(21)7-10-20-16-18-8-4-9-19-16;/h1-3,5-6,11-12H,4,7-10,13H2,(H2,18,19,20);1H. The lowest BCUT2D eigenvalue weighted by atomic mass is 10.2. The summed E-state index contributed by atoms with van der Waals surface area (Å²) in [5.74, 6) is 2.02. The fourth-order valence-corrected chi connectivity index (χ4v) is 2.44. The van der Waals surface area contributed by atoms with E-state index in [-0.39, 0.29) is 24.0 Å². The number of hydrogen-bond acceptors (Lipinski definition) is 4. The van der Waals surface area contributed by atoms with Crippen molar-refractivity contribution in [3.8, 4) is 0 Å². The molecule has 2 N–H and O–H groups in total. The highest BCUT2D eigenvalue weighted by Crippen LogP contribution is 2.05. The summed E-state index contributed by atoms with van der Waals surface area (Å²) in [5.41, 5.74) is 1.29. The van der Waals surface area contributed by atoms with Crippen molar-refractivity contribution in [1.82, 2.24) is 20.2 Å². The van der Waals surface area contributed by atoms with Crippen LogP contribution >= 0.6 is 24.0 Å². The molecule has 118 valence electrons. The van der Waals surface area contributed by atoms with Gasteiger partial charge in [0.05, 0.1) is 0 Å². The number of guanidine groups is 1. The van der Waals surface area contributed by atoms with Crippen LogP contribution in [0, 0.1) is 0 Å². The minimum Gasteiger partial charge on any atom is -0.356 e. The van der Waals surface area contributed by atoms with Crippen molar-refractivity contribution in [3.05, 3.63) is 54.1 Å². The second-order valence-corrected chi connectivity index (χ2v) is 5.14. The van der Waals surface area contributed by atoms with Gasteiger partial charge in [-0.2, -0.15) is 0 Å². The molecule has 0 atom stereocenters. The summed E-state index contributed by atoms with van der Waals surface area (Å²) in [6, 6.07) is 10.5. The molecule has 1 aliphatic rings. The normalized spacial score (nSPS) is 13.7. The van der Waals surface area contributed by atoms with Crippen LogP contribution in [0.3, 0.4) is 0 Å². The molecule has 2 heterocycles. The maximum atomic E-state index is 4.46. The Kier molecular flexibility index (Phi) is 6.70. The second kappa shape index (κ2) is 8.77. The summed E-state index contributed by atoms with van der Waals surface area (Å²) < 4.78 is 2.20. The third-order valence-electron chi connectivity index (χ3n) is 3.54. The van der Waals surface area contributed by atoms with E-state index in [4.69, 9.17) is 0 Å². The maximum Gasteiger partial charge on any atom is 0.191 e. The third-order valence-corrected chi connectivity index (χ3v) is 3.54. The van der Waals surface area contributed by atoms with Crippen LogP contribution in [0.5, 0.6) is 0 Å². The fourth-order valence-electron chi connectivity index (χ4n) is 2.44. The molecule has 2 aromatic rings. The molecular formula is C16H22IN5. The molecule has 0 amide bonds. The number of halogens is 1. The van der Waals surface area contributed by atoms with Crippen molar-refractivity contribution in [2.75, 3.05) is 19.6 Å². The molecule has 3 rings (SSSR count). The van der Waals surface area contributed by atoms with E-state index < -0.39 is 0 Å². The summed E-state index contributed by atoms with van der Waals surface area (Å²) in [4.78, 5) is 8.86. The zero-order valence-corrected chi connectivity index (χ0v) is 14.9. The van der Waals surface area contributed by atoms with Crippen LogP contribution in [-0.2, 0) is 13.0 Å². The molecule has 0 unspecified atom stereocenters. The lowest BCUT2D eigenvalue weighted by molar-refractivity contribution is 0.673. The van der Waals surface area contributed by atoms with Crippen LogP contribution in [-0.4, -0.2) is 35.1 Å². The number of rotatable bonds is 5. The molecule has 22 heavy (non-hydrogen) atoms. The van der Waals surface area contributed by atoms with E-state index in [1.54, 1.807) is 0 Å². The minimum atomic E-state index is 0. The number of nitrogens with zero attached hydrogens (tertiary/aromatic N) is 3. The molecule has 0 fully saturated rings. The molecule has 0 bridgehead atoms. The zero-order chi connectivity index (χ0) is 14.3. The SMILES string of the molecule is I.c1ccc(Cn2ccnc2CCNC2=NCCCN2)cc1. The number of aliphatic imine (C=N–C) groups is 1. The van der Waals surface area contributed by atoms with Gasteiger partial charge in [-0.1, -0.05) is 30.3 Å². The Balaban J connectivity index is 0.00000176. The molecule has 0 saturated heterocycles. The van der Waals surface area contributed by atoms with Gasteiger partial charge in [0.15, 0.2) is 5.96 Å². The molecule has 6 heteroatoms. The maximum absolute atomic E-state index is 4.46. The van der Waals surface area contributed by atoms with E-state index in [0.717, 1.165) is 50.8 Å². The molecule has 5 nitrogen and oxygen atoms in total. The van der Waals surface area contributed by atoms with Crippen LogP contribution in [0.1, 0.15) is 17.8 Å². The lowest BCUT2D eigenvalue weighted by Crippen LogP contribution is -2.41. The van der Waals surface area contributed by atoms with E-state index in [1.165, 1.54) is 5.56 Å². The van der Waals surface area contributed by atoms with Gasteiger partial charge in [0.2, 0.25) is 0 Å². The average molecular weight is 411 g/mol. The third kappa shape index (κ3) is 4.72. The van der Waals surface area contributed by atoms with E-state index >= 15 is 0 Å². The zero-order valence-electron chi connectivity index (χ0n) is 12.5. The first-order chi connectivity index (χ1) is 10.4. The van der Waals surface area contributed by atoms with Gasteiger partial charge in [-0.3, -0.25) is 4.99 Å². The van der Waals surface area contributed by atoms with Gasteiger partial charge in [0.1, 0.15) is 5.82 Å². The minimum absolute atomic E-state index is 0. The Bertz CT molecular complexity index is 594. The van der Waals surface area contributed by atoms with Crippen molar-refractivity contribution < 1.29 is 0 Å². The van der Waals surface area contributed by atoms with E-state index in [2.05, 4.69) is 49.4 Å². The molecule has 1 aliphatic heterocycles. The van der Waals surface area contributed by atoms with Crippen molar-refractivity contribution >= 4 is 29.9 Å². The molecule has 0 saturated carbocycles. The van der Waals surface area contributed by atoms with E-state index in [9.17, 15) is 0 Å². The summed E-state index contributed by atoms with van der Waals surface area (Å²) in [5, 5.41) is 6.60. The van der Waals surface area contributed by atoms with Gasteiger partial charge in [-0.05, 0) is 12.0 Å². The van der Waals surface area contributed by atoms with Gasteiger partial charge in [-0.15, -0.1) is 24.0 Å². The lowest BCUT2D eigenvalue weighted by Gasteiger charge is -2.16. The second-order valence-electron chi connectivity index (χ2n) is 5.14. The molecule has 1 aromatic carbocycles. The van der Waals surface area contributed by atoms with Gasteiger partial charge in [-0.25, -0.2) is 4.98 Å². The first-order valence-electron chi connectivity index (χ1n) is 7.48. The Morgan fingerprint density at radius 2 is 2.09 bits per heavy atom. The first-order valence-corrected chi connectivity index (χ1v) is 7.48. The number of nitrogens with one attached hydrogen (secondary N) is 2. The Morgan fingerprint density at radius 1 is 1.23 bits per heavy atom. The fraction of sp³-hybridized carbons (Fsp3) is 0.375. The molecule has 1 aromatic heterocycles. The summed E-state index contributed by atoms with van der Waals surface area (Å²) in [6.07, 6.45) is 5.92. The number of aromatic nitrogens is 2. The van der Waals surface area contributed by atoms with Crippen molar-refractivity contribution in [2.24, 2.45) is 4.99 Å². The van der Waals surface area contributed by atoms with Gasteiger partial charge in [0, 0.05) is 45.0 Å². The number of imidazole rings is 1. The molecule has 0 aliphatic carbocycles. The van der Waals surface area contributed by atoms with Crippen LogP contribution in [0.4, 0.5) is 0 Å². The first kappa shape index (κ1) is 16.8. The number of benzene rings is 1. The van der Waals surface area contributed by atoms with Crippen molar-refractivity contribution in [3.63, 3.8) is 0 Å². The Morgan fingerprint density at radius 3 is 2.86 bits per heavy atom. The van der Waals surface area contributed by atoms with E-state index in [1.807, 2.05) is 18.5 Å². The van der Waals surface area contributed by atoms with Crippen LogP contribution in [0.25, 0.3) is 0 Å². The molecular weight excluding hydrogens is 389 g/mol. The predicted octanol–water partition coefficient (Wildman–Crippen LogP) is 2.03. The molecule has 0 spiro atoms. The highest BCUT2D eigenvalue weighted by molar-refractivity contribution is 14.0. The van der Waals surface area contributed by atoms with Gasteiger partial charge >= 0.3 is 0 Å².